The number of hydrogen-bond acceptors (Lipinski definition) is 5. The summed E-state index contributed by atoms with van der Waals surface area (Å²) in [5.41, 5.74) is 3.39. The van der Waals surface area contributed by atoms with E-state index in [0.717, 1.165) is 4.90 Å². The molecule has 0 saturated carbocycles. The third-order valence-corrected chi connectivity index (χ3v) is 5.49. The number of halogens is 3. The predicted octanol–water partition coefficient (Wildman–Crippen LogP) is 6.29. The maximum absolute atomic E-state index is 11.0. The summed E-state index contributed by atoms with van der Waals surface area (Å²) in [6.45, 7) is 3.56. The highest BCUT2D eigenvalue weighted by Gasteiger charge is 2.36. The van der Waals surface area contributed by atoms with Crippen LogP contribution in [0.15, 0.2) is 77.9 Å². The summed E-state index contributed by atoms with van der Waals surface area (Å²) in [4.78, 5) is 11.4. The summed E-state index contributed by atoms with van der Waals surface area (Å²) in [6, 6.07) is 15.5. The molecule has 2 aromatic carbocycles. The molecule has 5 nitrogen and oxygen atoms in total. The molecule has 28 heavy (non-hydrogen) atoms. The molecule has 0 aliphatic rings. The summed E-state index contributed by atoms with van der Waals surface area (Å²) in [7, 11) is 0. The van der Waals surface area contributed by atoms with Gasteiger partial charge in [-0.15, -0.1) is 17.5 Å². The minimum atomic E-state index is -2.00. The molecule has 1 atom stereocenters. The lowest BCUT2D eigenvalue weighted by atomic mass is 9.98. The molecule has 0 radical (unpaired) electrons. The summed E-state index contributed by atoms with van der Waals surface area (Å²) in [5.74, 6) is -0.532. The standard InChI is InChI=1S/C19H15Cl3N2O3S/c1-2-12-18(13-27-17(23)19(20,21)22,28-16-6-4-3-5-7-16)14-8-10-15(11-9-14)24(25)26/h3-12,23H,1,13H2. The Morgan fingerprint density at radius 2 is 1.82 bits per heavy atom. The number of nitro benzene ring substituents is 1. The van der Waals surface area contributed by atoms with Crippen molar-refractivity contribution < 1.29 is 9.66 Å². The van der Waals surface area contributed by atoms with Gasteiger partial charge in [0.25, 0.3) is 9.48 Å². The van der Waals surface area contributed by atoms with Crippen molar-refractivity contribution in [3.8, 4) is 0 Å². The molecular weight excluding hydrogens is 443 g/mol. The highest BCUT2D eigenvalue weighted by atomic mass is 35.6. The fourth-order valence-corrected chi connectivity index (χ4v) is 3.71. The van der Waals surface area contributed by atoms with Crippen LogP contribution in [0.1, 0.15) is 5.56 Å². The van der Waals surface area contributed by atoms with Gasteiger partial charge < -0.3 is 4.74 Å². The lowest BCUT2D eigenvalue weighted by molar-refractivity contribution is -0.384. The van der Waals surface area contributed by atoms with E-state index in [1.807, 2.05) is 30.3 Å². The highest BCUT2D eigenvalue weighted by Crippen LogP contribution is 2.44. The lowest BCUT2D eigenvalue weighted by Gasteiger charge is -2.30. The molecule has 9 heteroatoms. The van der Waals surface area contributed by atoms with Gasteiger partial charge >= 0.3 is 0 Å². The van der Waals surface area contributed by atoms with E-state index in [2.05, 4.69) is 12.3 Å². The van der Waals surface area contributed by atoms with Gasteiger partial charge in [-0.3, -0.25) is 15.5 Å². The maximum atomic E-state index is 11.0. The first-order valence-electron chi connectivity index (χ1n) is 7.82. The second-order valence-electron chi connectivity index (χ2n) is 5.57. The summed E-state index contributed by atoms with van der Waals surface area (Å²) in [5, 5.41) is 18.8. The van der Waals surface area contributed by atoms with E-state index >= 15 is 0 Å². The first kappa shape index (κ1) is 22.3. The van der Waals surface area contributed by atoms with Gasteiger partial charge in [-0.25, -0.2) is 0 Å². The normalized spacial score (nSPS) is 13.1. The molecule has 2 aromatic rings. The number of benzene rings is 2. The smallest absolute Gasteiger partial charge is 0.269 e. The number of nitrogens with one attached hydrogen (secondary N) is 1. The molecule has 0 saturated heterocycles. The highest BCUT2D eigenvalue weighted by molar-refractivity contribution is 8.00. The topological polar surface area (TPSA) is 76.2 Å². The van der Waals surface area contributed by atoms with Crippen LogP contribution in [-0.4, -0.2) is 21.2 Å². The zero-order valence-corrected chi connectivity index (χ0v) is 17.5. The van der Waals surface area contributed by atoms with Crippen molar-refractivity contribution in [3.63, 3.8) is 0 Å². The van der Waals surface area contributed by atoms with Gasteiger partial charge in [-0.2, -0.15) is 0 Å². The van der Waals surface area contributed by atoms with E-state index in [9.17, 15) is 10.1 Å². The van der Waals surface area contributed by atoms with E-state index in [1.165, 1.54) is 23.9 Å². The van der Waals surface area contributed by atoms with Crippen LogP contribution in [0.2, 0.25) is 0 Å². The van der Waals surface area contributed by atoms with E-state index in [4.69, 9.17) is 44.9 Å². The van der Waals surface area contributed by atoms with Gasteiger partial charge in [-0.05, 0) is 23.8 Å². The fourth-order valence-electron chi connectivity index (χ4n) is 2.32. The first-order chi connectivity index (χ1) is 13.2. The Morgan fingerprint density at radius 3 is 2.32 bits per heavy atom. The van der Waals surface area contributed by atoms with Crippen LogP contribution >= 0.6 is 46.6 Å². The molecule has 0 bridgehead atoms. The number of thioether (sulfide) groups is 1. The molecule has 0 aliphatic heterocycles. The van der Waals surface area contributed by atoms with Gasteiger partial charge in [0, 0.05) is 17.0 Å². The molecule has 0 aliphatic carbocycles. The molecule has 0 fully saturated rings. The number of hydrogen-bond donors (Lipinski definition) is 1. The van der Waals surface area contributed by atoms with Crippen molar-refractivity contribution in [3.05, 3.63) is 88.7 Å². The Morgan fingerprint density at radius 1 is 1.21 bits per heavy atom. The number of rotatable bonds is 7. The zero-order valence-electron chi connectivity index (χ0n) is 14.4. The molecule has 1 N–H and O–H groups in total. The summed E-state index contributed by atoms with van der Waals surface area (Å²) < 4.78 is 2.54. The number of ether oxygens (including phenoxy) is 1. The summed E-state index contributed by atoms with van der Waals surface area (Å²) >= 11 is 18.5. The van der Waals surface area contributed by atoms with Crippen LogP contribution in [-0.2, 0) is 9.48 Å². The number of non-ortho nitro benzene ring substituents is 1. The molecule has 1 unspecified atom stereocenters. The van der Waals surface area contributed by atoms with E-state index in [0.29, 0.717) is 5.56 Å². The largest absolute Gasteiger partial charge is 0.476 e. The lowest BCUT2D eigenvalue weighted by Crippen LogP contribution is -2.31. The third-order valence-electron chi connectivity index (χ3n) is 3.63. The van der Waals surface area contributed by atoms with Crippen LogP contribution in [0.3, 0.4) is 0 Å². The Kier molecular flexibility index (Phi) is 7.58. The quantitative estimate of drug-likeness (QED) is 0.101. The first-order valence-corrected chi connectivity index (χ1v) is 9.77. The maximum Gasteiger partial charge on any atom is 0.269 e. The van der Waals surface area contributed by atoms with Crippen molar-refractivity contribution in [1.29, 1.82) is 5.41 Å². The molecule has 0 spiro atoms. The Balaban J connectivity index is 2.48. The average Bonchev–Trinajstić information content (AvgIpc) is 2.66. The Bertz CT molecular complexity index is 895. The average molecular weight is 458 g/mol. The molecule has 0 amide bonds. The number of nitro groups is 1. The van der Waals surface area contributed by atoms with Crippen molar-refractivity contribution in [2.24, 2.45) is 0 Å². The van der Waals surface area contributed by atoms with Gasteiger partial charge in [0.15, 0.2) is 0 Å². The van der Waals surface area contributed by atoms with Crippen LogP contribution < -0.4 is 0 Å². The van der Waals surface area contributed by atoms with Crippen molar-refractivity contribution in [1.82, 2.24) is 0 Å². The SMILES string of the molecule is C=C=CC(COC(=N)C(Cl)(Cl)Cl)(Sc1ccccc1)c1ccc([N+](=O)[O-])cc1. The van der Waals surface area contributed by atoms with E-state index in [-0.39, 0.29) is 12.3 Å². The molecule has 2 rings (SSSR count). The zero-order chi connectivity index (χ0) is 20.8. The third kappa shape index (κ3) is 5.77. The van der Waals surface area contributed by atoms with Crippen LogP contribution in [0, 0.1) is 15.5 Å². The van der Waals surface area contributed by atoms with E-state index < -0.39 is 19.4 Å². The van der Waals surface area contributed by atoms with Crippen LogP contribution in [0.25, 0.3) is 0 Å². The summed E-state index contributed by atoms with van der Waals surface area (Å²) in [6.07, 6.45) is 1.66. The van der Waals surface area contributed by atoms with E-state index in [1.54, 1.807) is 18.2 Å². The van der Waals surface area contributed by atoms with Crippen molar-refractivity contribution >= 4 is 58.1 Å². The van der Waals surface area contributed by atoms with Crippen molar-refractivity contribution in [2.45, 2.75) is 13.4 Å². The Labute approximate surface area is 181 Å². The second kappa shape index (κ2) is 9.50. The minimum absolute atomic E-state index is 0.0418. The van der Waals surface area contributed by atoms with Gasteiger partial charge in [0.1, 0.15) is 11.4 Å². The molecule has 0 aromatic heterocycles. The van der Waals surface area contributed by atoms with Gasteiger partial charge in [-0.1, -0.05) is 71.7 Å². The predicted molar refractivity (Wildman–Crippen MR) is 115 cm³/mol. The number of nitrogens with zero attached hydrogens (tertiary/aromatic N) is 1. The number of alkyl halides is 3. The molecule has 0 heterocycles. The van der Waals surface area contributed by atoms with Crippen molar-refractivity contribution in [2.75, 3.05) is 6.61 Å². The fraction of sp³-hybridized carbons (Fsp3) is 0.158. The minimum Gasteiger partial charge on any atom is -0.476 e. The molecular formula is C19H15Cl3N2O3S. The van der Waals surface area contributed by atoms with Crippen LogP contribution in [0.5, 0.6) is 0 Å². The second-order valence-corrected chi connectivity index (χ2v) is 9.26. The molecule has 146 valence electrons. The monoisotopic (exact) mass is 456 g/mol. The Hall–Kier alpha value is -1.95. The van der Waals surface area contributed by atoms with Gasteiger partial charge in [0.2, 0.25) is 5.90 Å². The van der Waals surface area contributed by atoms with Crippen LogP contribution in [0.4, 0.5) is 5.69 Å². The van der Waals surface area contributed by atoms with Gasteiger partial charge in [0.05, 0.1) is 4.92 Å².